The zero-order valence-corrected chi connectivity index (χ0v) is 10.5. The maximum Gasteiger partial charge on any atom is 0.263 e. The molecule has 94 valence electrons. The Morgan fingerprint density at radius 3 is 2.78 bits per heavy atom. The van der Waals surface area contributed by atoms with E-state index in [1.807, 2.05) is 6.07 Å². The second-order valence-electron chi connectivity index (χ2n) is 4.36. The maximum atomic E-state index is 12.1. The molecule has 1 aliphatic rings. The fourth-order valence-corrected chi connectivity index (χ4v) is 3.30. The summed E-state index contributed by atoms with van der Waals surface area (Å²) >= 11 is 0. The minimum absolute atomic E-state index is 0.303. The first kappa shape index (κ1) is 11.3. The molecule has 0 unspecified atom stereocenters. The molecule has 0 atom stereocenters. The lowest BCUT2D eigenvalue weighted by molar-refractivity contribution is 0.601. The lowest BCUT2D eigenvalue weighted by Crippen LogP contribution is -2.13. The minimum atomic E-state index is -3.53. The third-order valence-electron chi connectivity index (χ3n) is 3.13. The Labute approximate surface area is 105 Å². The van der Waals surface area contributed by atoms with E-state index >= 15 is 0 Å². The van der Waals surface area contributed by atoms with Gasteiger partial charge >= 0.3 is 0 Å². The molecule has 18 heavy (non-hydrogen) atoms. The van der Waals surface area contributed by atoms with Crippen molar-refractivity contribution in [3.8, 4) is 0 Å². The molecular weight excluding hydrogens is 250 g/mol. The number of aromatic nitrogens is 2. The van der Waals surface area contributed by atoms with Crippen molar-refractivity contribution in [2.45, 2.75) is 24.2 Å². The normalized spacial score (nSPS) is 14.4. The van der Waals surface area contributed by atoms with E-state index in [1.165, 1.54) is 11.8 Å². The number of H-pyrrole nitrogens is 1. The van der Waals surface area contributed by atoms with Crippen LogP contribution < -0.4 is 4.72 Å². The molecule has 0 fully saturated rings. The number of nitrogens with one attached hydrogen (secondary N) is 2. The first-order valence-electron chi connectivity index (χ1n) is 5.79. The quantitative estimate of drug-likeness (QED) is 0.885. The summed E-state index contributed by atoms with van der Waals surface area (Å²) in [5, 5.41) is 6.28. The topological polar surface area (TPSA) is 74.8 Å². The number of sulfonamides is 1. The highest BCUT2D eigenvalue weighted by Crippen LogP contribution is 2.25. The van der Waals surface area contributed by atoms with Crippen LogP contribution in [-0.4, -0.2) is 18.6 Å². The molecule has 0 aliphatic heterocycles. The molecule has 1 aliphatic carbocycles. The van der Waals surface area contributed by atoms with Crippen LogP contribution in [0.1, 0.15) is 17.5 Å². The van der Waals surface area contributed by atoms with Crippen LogP contribution in [0.25, 0.3) is 0 Å². The largest absolute Gasteiger partial charge is 0.264 e. The molecule has 1 aromatic heterocycles. The van der Waals surface area contributed by atoms with E-state index in [4.69, 9.17) is 0 Å². The van der Waals surface area contributed by atoms with E-state index in [1.54, 1.807) is 18.2 Å². The Bertz CT molecular complexity index is 663. The lowest BCUT2D eigenvalue weighted by atomic mass is 10.1. The average Bonchev–Trinajstić information content (AvgIpc) is 2.97. The third-order valence-corrected chi connectivity index (χ3v) is 4.49. The standard InChI is InChI=1S/C12H13N3O2S/c16-18(17,15-12-6-7-13-14-12)11-5-4-9-2-1-3-10(9)8-11/h4-8H,1-3H2,(H2,13,14,15). The molecule has 2 aromatic rings. The molecule has 1 aromatic carbocycles. The Kier molecular flexibility index (Phi) is 2.59. The molecule has 0 bridgehead atoms. The fraction of sp³-hybridized carbons (Fsp3) is 0.250. The molecule has 2 N–H and O–H groups in total. The van der Waals surface area contributed by atoms with Crippen LogP contribution in [0.15, 0.2) is 35.4 Å². The zero-order chi connectivity index (χ0) is 12.6. The first-order chi connectivity index (χ1) is 8.65. The number of nitrogens with zero attached hydrogens (tertiary/aromatic N) is 1. The number of aromatic amines is 1. The molecule has 3 rings (SSSR count). The van der Waals surface area contributed by atoms with E-state index in [0.29, 0.717) is 10.7 Å². The predicted octanol–water partition coefficient (Wildman–Crippen LogP) is 1.70. The van der Waals surface area contributed by atoms with Gasteiger partial charge in [0.05, 0.1) is 11.1 Å². The second kappa shape index (κ2) is 4.13. The number of hydrogen-bond acceptors (Lipinski definition) is 3. The molecule has 0 spiro atoms. The van der Waals surface area contributed by atoms with Gasteiger partial charge in [-0.15, -0.1) is 0 Å². The van der Waals surface area contributed by atoms with Crippen LogP contribution in [0.5, 0.6) is 0 Å². The molecule has 0 saturated carbocycles. The molecule has 5 nitrogen and oxygen atoms in total. The Morgan fingerprint density at radius 2 is 2.00 bits per heavy atom. The Hall–Kier alpha value is -1.82. The van der Waals surface area contributed by atoms with Gasteiger partial charge in [-0.25, -0.2) is 8.42 Å². The smallest absolute Gasteiger partial charge is 0.263 e. The van der Waals surface area contributed by atoms with Gasteiger partial charge in [0.1, 0.15) is 5.82 Å². The van der Waals surface area contributed by atoms with Crippen LogP contribution in [0.2, 0.25) is 0 Å². The van der Waals surface area contributed by atoms with Gasteiger partial charge < -0.3 is 0 Å². The van der Waals surface area contributed by atoms with Crippen LogP contribution in [-0.2, 0) is 22.9 Å². The highest BCUT2D eigenvalue weighted by atomic mass is 32.2. The number of hydrogen-bond donors (Lipinski definition) is 2. The second-order valence-corrected chi connectivity index (χ2v) is 6.04. The van der Waals surface area contributed by atoms with Gasteiger partial charge in [-0.1, -0.05) is 6.07 Å². The van der Waals surface area contributed by atoms with Gasteiger partial charge in [0.25, 0.3) is 10.0 Å². The van der Waals surface area contributed by atoms with Crippen molar-refractivity contribution < 1.29 is 8.42 Å². The SMILES string of the molecule is O=S(=O)(Nc1ccn[nH]1)c1ccc2c(c1)CCC2. The van der Waals surface area contributed by atoms with Crippen LogP contribution >= 0.6 is 0 Å². The number of anilines is 1. The van der Waals surface area contributed by atoms with Gasteiger partial charge in [0.2, 0.25) is 0 Å². The summed E-state index contributed by atoms with van der Waals surface area (Å²) in [6.45, 7) is 0. The van der Waals surface area contributed by atoms with Crippen molar-refractivity contribution in [1.82, 2.24) is 10.2 Å². The van der Waals surface area contributed by atoms with Gasteiger partial charge in [-0.05, 0) is 42.5 Å². The highest BCUT2D eigenvalue weighted by Gasteiger charge is 2.18. The summed E-state index contributed by atoms with van der Waals surface area (Å²) in [5.41, 5.74) is 2.40. The summed E-state index contributed by atoms with van der Waals surface area (Å²) in [6, 6.07) is 6.90. The number of benzene rings is 1. The highest BCUT2D eigenvalue weighted by molar-refractivity contribution is 7.92. The van der Waals surface area contributed by atoms with E-state index in [2.05, 4.69) is 14.9 Å². The molecule has 6 heteroatoms. The molecule has 0 radical (unpaired) electrons. The van der Waals surface area contributed by atoms with Crippen molar-refractivity contribution in [2.24, 2.45) is 0 Å². The minimum Gasteiger partial charge on any atom is -0.264 e. The number of aryl methyl sites for hydroxylation is 2. The van der Waals surface area contributed by atoms with E-state index < -0.39 is 10.0 Å². The summed E-state index contributed by atoms with van der Waals surface area (Å²) in [4.78, 5) is 0.303. The van der Waals surface area contributed by atoms with Gasteiger partial charge in [0.15, 0.2) is 0 Å². The Balaban J connectivity index is 1.94. The van der Waals surface area contributed by atoms with Crippen molar-refractivity contribution in [1.29, 1.82) is 0 Å². The predicted molar refractivity (Wildman–Crippen MR) is 67.9 cm³/mol. The number of rotatable bonds is 3. The van der Waals surface area contributed by atoms with Crippen LogP contribution in [0, 0.1) is 0 Å². The lowest BCUT2D eigenvalue weighted by Gasteiger charge is -2.07. The van der Waals surface area contributed by atoms with Gasteiger partial charge in [0, 0.05) is 6.07 Å². The maximum absolute atomic E-state index is 12.1. The molecule has 0 amide bonds. The van der Waals surface area contributed by atoms with Crippen molar-refractivity contribution in [3.05, 3.63) is 41.6 Å². The number of fused-ring (bicyclic) bond motifs is 1. The Morgan fingerprint density at radius 1 is 1.17 bits per heavy atom. The van der Waals surface area contributed by atoms with Gasteiger partial charge in [-0.3, -0.25) is 9.82 Å². The summed E-state index contributed by atoms with van der Waals surface area (Å²) in [6.07, 6.45) is 4.61. The van der Waals surface area contributed by atoms with E-state index in [-0.39, 0.29) is 0 Å². The average molecular weight is 263 g/mol. The van der Waals surface area contributed by atoms with Crippen molar-refractivity contribution in [2.75, 3.05) is 4.72 Å². The summed E-state index contributed by atoms with van der Waals surface area (Å²) in [5.74, 6) is 0.371. The zero-order valence-electron chi connectivity index (χ0n) is 9.68. The van der Waals surface area contributed by atoms with Crippen LogP contribution in [0.3, 0.4) is 0 Å². The van der Waals surface area contributed by atoms with Crippen molar-refractivity contribution in [3.63, 3.8) is 0 Å². The van der Waals surface area contributed by atoms with E-state index in [0.717, 1.165) is 24.8 Å². The summed E-state index contributed by atoms with van der Waals surface area (Å²) < 4.78 is 26.7. The van der Waals surface area contributed by atoms with E-state index in [9.17, 15) is 8.42 Å². The molecule has 1 heterocycles. The molecular formula is C12H13N3O2S. The summed E-state index contributed by atoms with van der Waals surface area (Å²) in [7, 11) is -3.53. The fourth-order valence-electron chi connectivity index (χ4n) is 2.23. The third kappa shape index (κ3) is 1.99. The van der Waals surface area contributed by atoms with Crippen molar-refractivity contribution >= 4 is 15.8 Å². The monoisotopic (exact) mass is 263 g/mol. The molecule has 0 saturated heterocycles. The van der Waals surface area contributed by atoms with Crippen LogP contribution in [0.4, 0.5) is 5.82 Å². The first-order valence-corrected chi connectivity index (χ1v) is 7.27. The van der Waals surface area contributed by atoms with Gasteiger partial charge in [-0.2, -0.15) is 5.10 Å².